The van der Waals surface area contributed by atoms with Gasteiger partial charge in [-0.1, -0.05) is 35.9 Å². The second-order valence-corrected chi connectivity index (χ2v) is 12.0. The third-order valence-electron chi connectivity index (χ3n) is 7.06. The number of hydrogen-bond donors (Lipinski definition) is 1. The van der Waals surface area contributed by atoms with Crippen molar-refractivity contribution in [3.05, 3.63) is 88.4 Å². The van der Waals surface area contributed by atoms with E-state index in [0.717, 1.165) is 5.56 Å². The molecule has 2 aliphatic heterocycles. The molecule has 0 aromatic heterocycles. The third-order valence-corrected chi connectivity index (χ3v) is 9.17. The second-order valence-electron chi connectivity index (χ2n) is 9.63. The first-order valence-electron chi connectivity index (χ1n) is 13.0. The summed E-state index contributed by atoms with van der Waals surface area (Å²) in [6.07, 6.45) is 0.742. The number of fused-ring (bicyclic) bond motifs is 2. The standard InChI is InChI=1S/C29H28ClN3O6S/c1-2-39-29(36)32-15-13-22(14-16-32)31-27(34)20-9-12-26-24(17-20)33(18-19-7-10-21(30)11-8-19)28(35)23-5-3-4-6-25(23)40(26,37)38/h3-12,17,22H,2,13-16,18H2,1H3,(H,31,34). The number of sulfone groups is 1. The van der Waals surface area contributed by atoms with E-state index in [0.29, 0.717) is 37.6 Å². The zero-order chi connectivity index (χ0) is 28.4. The first kappa shape index (κ1) is 27.7. The summed E-state index contributed by atoms with van der Waals surface area (Å²) in [5.41, 5.74) is 1.15. The highest BCUT2D eigenvalue weighted by molar-refractivity contribution is 7.91. The molecule has 208 valence electrons. The van der Waals surface area contributed by atoms with Gasteiger partial charge in [0.1, 0.15) is 0 Å². The molecule has 11 heteroatoms. The summed E-state index contributed by atoms with van der Waals surface area (Å²) < 4.78 is 32.4. The number of benzene rings is 3. The van der Waals surface area contributed by atoms with Crippen LogP contribution in [0.1, 0.15) is 46.0 Å². The molecule has 0 spiro atoms. The lowest BCUT2D eigenvalue weighted by molar-refractivity contribution is 0.0858. The molecule has 1 fully saturated rings. The first-order chi connectivity index (χ1) is 19.2. The monoisotopic (exact) mass is 581 g/mol. The van der Waals surface area contributed by atoms with Crippen LogP contribution >= 0.6 is 11.6 Å². The summed E-state index contributed by atoms with van der Waals surface area (Å²) in [6.45, 7) is 3.03. The van der Waals surface area contributed by atoms with Gasteiger partial charge in [-0.3, -0.25) is 9.59 Å². The van der Waals surface area contributed by atoms with Crippen LogP contribution in [0.2, 0.25) is 5.02 Å². The summed E-state index contributed by atoms with van der Waals surface area (Å²) in [6, 6.07) is 17.2. The van der Waals surface area contributed by atoms with Crippen molar-refractivity contribution in [3.63, 3.8) is 0 Å². The summed E-state index contributed by atoms with van der Waals surface area (Å²) in [7, 11) is -4.06. The van der Waals surface area contributed by atoms with E-state index in [1.54, 1.807) is 48.2 Å². The maximum atomic E-state index is 13.8. The maximum absolute atomic E-state index is 13.8. The molecule has 9 nitrogen and oxygen atoms in total. The number of piperidine rings is 1. The highest BCUT2D eigenvalue weighted by Gasteiger charge is 2.36. The summed E-state index contributed by atoms with van der Waals surface area (Å²) in [5, 5.41) is 3.52. The maximum Gasteiger partial charge on any atom is 0.409 e. The van der Waals surface area contributed by atoms with E-state index in [2.05, 4.69) is 5.32 Å². The van der Waals surface area contributed by atoms with E-state index in [-0.39, 0.29) is 45.3 Å². The van der Waals surface area contributed by atoms with Gasteiger partial charge in [-0.2, -0.15) is 0 Å². The first-order valence-corrected chi connectivity index (χ1v) is 14.8. The minimum Gasteiger partial charge on any atom is -0.450 e. The number of nitrogens with one attached hydrogen (secondary N) is 1. The molecule has 3 amide bonds. The van der Waals surface area contributed by atoms with Gasteiger partial charge in [0.15, 0.2) is 0 Å². The molecule has 0 radical (unpaired) electrons. The minimum atomic E-state index is -4.06. The van der Waals surface area contributed by atoms with Crippen molar-refractivity contribution in [2.24, 2.45) is 0 Å². The molecule has 3 aromatic carbocycles. The van der Waals surface area contributed by atoms with Gasteiger partial charge in [0, 0.05) is 29.7 Å². The van der Waals surface area contributed by atoms with Gasteiger partial charge in [0.05, 0.1) is 34.2 Å². The number of carbonyl (C=O) groups excluding carboxylic acids is 3. The van der Waals surface area contributed by atoms with Gasteiger partial charge >= 0.3 is 6.09 Å². The average Bonchev–Trinajstić information content (AvgIpc) is 3.02. The molecule has 2 heterocycles. The Bertz CT molecular complexity index is 1570. The average molecular weight is 582 g/mol. The predicted molar refractivity (Wildman–Crippen MR) is 149 cm³/mol. The number of ether oxygens (including phenoxy) is 1. The molecule has 0 aliphatic carbocycles. The van der Waals surface area contributed by atoms with E-state index >= 15 is 0 Å². The van der Waals surface area contributed by atoms with Crippen molar-refractivity contribution >= 4 is 45.0 Å². The Balaban J connectivity index is 1.46. The highest BCUT2D eigenvalue weighted by atomic mass is 35.5. The van der Waals surface area contributed by atoms with E-state index in [1.165, 1.54) is 35.2 Å². The number of halogens is 1. The molecular weight excluding hydrogens is 554 g/mol. The van der Waals surface area contributed by atoms with Crippen molar-refractivity contribution in [1.82, 2.24) is 10.2 Å². The zero-order valence-corrected chi connectivity index (χ0v) is 23.4. The fourth-order valence-electron chi connectivity index (χ4n) is 4.97. The fraction of sp³-hybridized carbons (Fsp3) is 0.276. The Hall–Kier alpha value is -3.89. The van der Waals surface area contributed by atoms with Crippen LogP contribution in [0.25, 0.3) is 0 Å². The SMILES string of the molecule is CCOC(=O)N1CCC(NC(=O)c2ccc3c(c2)N(Cc2ccc(Cl)cc2)C(=O)c2ccccc2S3(=O)=O)CC1. The van der Waals surface area contributed by atoms with Gasteiger partial charge < -0.3 is 19.9 Å². The number of anilines is 1. The van der Waals surface area contributed by atoms with Gasteiger partial charge in [0.2, 0.25) is 9.84 Å². The summed E-state index contributed by atoms with van der Waals surface area (Å²) in [4.78, 5) is 41.9. The summed E-state index contributed by atoms with van der Waals surface area (Å²) in [5.74, 6) is -0.882. The van der Waals surface area contributed by atoms with E-state index in [9.17, 15) is 22.8 Å². The van der Waals surface area contributed by atoms with Crippen molar-refractivity contribution in [2.75, 3.05) is 24.6 Å². The van der Waals surface area contributed by atoms with Crippen LogP contribution in [0.3, 0.4) is 0 Å². The van der Waals surface area contributed by atoms with Gasteiger partial charge in [-0.15, -0.1) is 0 Å². The topological polar surface area (TPSA) is 113 Å². The van der Waals surface area contributed by atoms with Crippen LogP contribution in [-0.2, 0) is 21.1 Å². The Morgan fingerprint density at radius 1 is 1.00 bits per heavy atom. The van der Waals surface area contributed by atoms with Crippen LogP contribution in [0, 0.1) is 0 Å². The second kappa shape index (κ2) is 11.3. The Labute approximate surface area is 237 Å². The van der Waals surface area contributed by atoms with E-state index in [4.69, 9.17) is 16.3 Å². The molecular formula is C29H28ClN3O6S. The number of hydrogen-bond acceptors (Lipinski definition) is 6. The quantitative estimate of drug-likeness (QED) is 0.468. The largest absolute Gasteiger partial charge is 0.450 e. The van der Waals surface area contributed by atoms with Gasteiger partial charge in [0.25, 0.3) is 11.8 Å². The van der Waals surface area contributed by atoms with Crippen molar-refractivity contribution < 1.29 is 27.5 Å². The molecule has 40 heavy (non-hydrogen) atoms. The molecule has 0 unspecified atom stereocenters. The van der Waals surface area contributed by atoms with Crippen LogP contribution < -0.4 is 10.2 Å². The van der Waals surface area contributed by atoms with Crippen molar-refractivity contribution in [1.29, 1.82) is 0 Å². The van der Waals surface area contributed by atoms with Crippen LogP contribution in [0.5, 0.6) is 0 Å². The van der Waals surface area contributed by atoms with Gasteiger partial charge in [-0.05, 0) is 67.8 Å². The molecule has 1 saturated heterocycles. The Morgan fingerprint density at radius 2 is 1.70 bits per heavy atom. The third kappa shape index (κ3) is 5.41. The van der Waals surface area contributed by atoms with Crippen LogP contribution in [-0.4, -0.2) is 57.0 Å². The molecule has 0 bridgehead atoms. The smallest absolute Gasteiger partial charge is 0.409 e. The molecule has 0 atom stereocenters. The number of nitrogens with zero attached hydrogens (tertiary/aromatic N) is 2. The lowest BCUT2D eigenvalue weighted by Crippen LogP contribution is -2.46. The molecule has 0 saturated carbocycles. The van der Waals surface area contributed by atoms with Crippen molar-refractivity contribution in [2.45, 2.75) is 42.1 Å². The zero-order valence-electron chi connectivity index (χ0n) is 21.8. The molecule has 1 N–H and O–H groups in total. The molecule has 5 rings (SSSR count). The van der Waals surface area contributed by atoms with E-state index in [1.807, 2.05) is 0 Å². The highest BCUT2D eigenvalue weighted by Crippen LogP contribution is 2.38. The van der Waals surface area contributed by atoms with Crippen LogP contribution in [0.15, 0.2) is 76.5 Å². The molecule has 3 aromatic rings. The Morgan fingerprint density at radius 3 is 2.40 bits per heavy atom. The number of rotatable bonds is 5. The lowest BCUT2D eigenvalue weighted by atomic mass is 10.0. The van der Waals surface area contributed by atoms with E-state index < -0.39 is 21.7 Å². The van der Waals surface area contributed by atoms with Crippen LogP contribution in [0.4, 0.5) is 10.5 Å². The lowest BCUT2D eigenvalue weighted by Gasteiger charge is -2.31. The fourth-order valence-corrected chi connectivity index (χ4v) is 6.72. The van der Waals surface area contributed by atoms with Gasteiger partial charge in [-0.25, -0.2) is 13.2 Å². The number of amides is 3. The molecule has 2 aliphatic rings. The predicted octanol–water partition coefficient (Wildman–Crippen LogP) is 4.68. The Kier molecular flexibility index (Phi) is 7.82. The normalized spacial score (nSPS) is 16.5. The number of carbonyl (C=O) groups is 3. The number of likely N-dealkylation sites (tertiary alicyclic amines) is 1. The summed E-state index contributed by atoms with van der Waals surface area (Å²) >= 11 is 6.04. The van der Waals surface area contributed by atoms with Crippen molar-refractivity contribution in [3.8, 4) is 0 Å². The minimum absolute atomic E-state index is 0.0564.